The van der Waals surface area contributed by atoms with Crippen LogP contribution in [0, 0.1) is 11.3 Å². The monoisotopic (exact) mass is 380 g/mol. The lowest BCUT2D eigenvalue weighted by Crippen LogP contribution is -2.26. The van der Waals surface area contributed by atoms with Crippen molar-refractivity contribution in [2.24, 2.45) is 5.73 Å². The first-order valence-corrected chi connectivity index (χ1v) is 8.64. The highest BCUT2D eigenvalue weighted by molar-refractivity contribution is 6.30. The van der Waals surface area contributed by atoms with Gasteiger partial charge >= 0.3 is 5.97 Å². The van der Waals surface area contributed by atoms with Crippen molar-refractivity contribution in [1.82, 2.24) is 0 Å². The fraction of sp³-hybridized carbons (Fsp3) is 0.143. The van der Waals surface area contributed by atoms with Gasteiger partial charge in [-0.2, -0.15) is 5.26 Å². The Morgan fingerprint density at radius 3 is 2.52 bits per heavy atom. The first-order valence-electron chi connectivity index (χ1n) is 8.26. The average Bonchev–Trinajstić information content (AvgIpc) is 2.67. The molecule has 0 saturated heterocycles. The highest BCUT2D eigenvalue weighted by atomic mass is 35.5. The van der Waals surface area contributed by atoms with Crippen LogP contribution in [0.15, 0.2) is 77.4 Å². The van der Waals surface area contributed by atoms with E-state index < -0.39 is 11.9 Å². The molecule has 5 nitrogen and oxygen atoms in total. The second-order valence-corrected chi connectivity index (χ2v) is 6.44. The lowest BCUT2D eigenvalue weighted by atomic mass is 9.83. The van der Waals surface area contributed by atoms with Crippen molar-refractivity contribution in [1.29, 1.82) is 5.26 Å². The van der Waals surface area contributed by atoms with Gasteiger partial charge in [0.2, 0.25) is 5.88 Å². The second kappa shape index (κ2) is 7.98. The van der Waals surface area contributed by atoms with E-state index in [0.29, 0.717) is 21.9 Å². The van der Waals surface area contributed by atoms with E-state index in [-0.39, 0.29) is 18.1 Å². The molecule has 0 fully saturated rings. The molecule has 2 N–H and O–H groups in total. The number of nitrogens with zero attached hydrogens (tertiary/aromatic N) is 1. The van der Waals surface area contributed by atoms with E-state index in [9.17, 15) is 10.1 Å². The molecule has 6 heteroatoms. The van der Waals surface area contributed by atoms with Gasteiger partial charge in [-0.25, -0.2) is 4.79 Å². The quantitative estimate of drug-likeness (QED) is 0.805. The largest absolute Gasteiger partial charge is 0.457 e. The molecule has 1 aliphatic heterocycles. The number of halogens is 1. The third kappa shape index (κ3) is 3.97. The van der Waals surface area contributed by atoms with Gasteiger partial charge in [-0.05, 0) is 30.2 Å². The fourth-order valence-corrected chi connectivity index (χ4v) is 3.04. The van der Waals surface area contributed by atoms with E-state index in [2.05, 4.69) is 6.07 Å². The zero-order valence-corrected chi connectivity index (χ0v) is 15.4. The van der Waals surface area contributed by atoms with Crippen LogP contribution in [0.1, 0.15) is 24.0 Å². The van der Waals surface area contributed by atoms with Gasteiger partial charge in [0.15, 0.2) is 0 Å². The zero-order valence-electron chi connectivity index (χ0n) is 14.6. The zero-order chi connectivity index (χ0) is 19.4. The Morgan fingerprint density at radius 1 is 1.22 bits per heavy atom. The van der Waals surface area contributed by atoms with Crippen LogP contribution in [0.5, 0.6) is 0 Å². The highest BCUT2D eigenvalue weighted by Gasteiger charge is 2.36. The van der Waals surface area contributed by atoms with E-state index in [1.54, 1.807) is 31.2 Å². The summed E-state index contributed by atoms with van der Waals surface area (Å²) in [6, 6.07) is 18.3. The molecule has 0 bridgehead atoms. The molecule has 1 atom stereocenters. The van der Waals surface area contributed by atoms with Gasteiger partial charge in [-0.3, -0.25) is 0 Å². The van der Waals surface area contributed by atoms with Crippen molar-refractivity contribution in [3.63, 3.8) is 0 Å². The third-order valence-corrected chi connectivity index (χ3v) is 4.49. The summed E-state index contributed by atoms with van der Waals surface area (Å²) in [6.07, 6.45) is 0. The molecule has 0 amide bonds. The molecule has 0 saturated carbocycles. The number of nitriles is 1. The predicted octanol–water partition coefficient (Wildman–Crippen LogP) is 4.17. The molecular weight excluding hydrogens is 364 g/mol. The Bertz CT molecular complexity index is 957. The summed E-state index contributed by atoms with van der Waals surface area (Å²) in [5.41, 5.74) is 7.96. The normalized spacial score (nSPS) is 16.6. The second-order valence-electron chi connectivity index (χ2n) is 6.01. The Hall–Kier alpha value is -3.23. The minimum Gasteiger partial charge on any atom is -0.457 e. The van der Waals surface area contributed by atoms with Gasteiger partial charge in [0.05, 0.1) is 17.6 Å². The highest BCUT2D eigenvalue weighted by Crippen LogP contribution is 2.39. The Labute approximate surface area is 162 Å². The molecule has 1 heterocycles. The van der Waals surface area contributed by atoms with Crippen molar-refractivity contribution in [3.05, 3.63) is 93.5 Å². The Morgan fingerprint density at radius 2 is 1.89 bits per heavy atom. The van der Waals surface area contributed by atoms with E-state index in [0.717, 1.165) is 5.56 Å². The van der Waals surface area contributed by atoms with E-state index in [1.165, 1.54) is 0 Å². The van der Waals surface area contributed by atoms with Crippen molar-refractivity contribution in [3.8, 4) is 6.07 Å². The topological polar surface area (TPSA) is 85.3 Å². The predicted molar refractivity (Wildman–Crippen MR) is 101 cm³/mol. The minimum atomic E-state index is -0.677. The molecule has 2 aromatic rings. The van der Waals surface area contributed by atoms with E-state index in [4.69, 9.17) is 26.8 Å². The number of nitrogens with two attached hydrogens (primary N) is 1. The lowest BCUT2D eigenvalue weighted by molar-refractivity contribution is -0.140. The number of hydrogen-bond donors (Lipinski definition) is 1. The molecule has 136 valence electrons. The number of ether oxygens (including phenoxy) is 2. The smallest absolute Gasteiger partial charge is 0.340 e. The van der Waals surface area contributed by atoms with Crippen LogP contribution in [0.4, 0.5) is 0 Å². The summed E-state index contributed by atoms with van der Waals surface area (Å²) < 4.78 is 10.9. The Kier molecular flexibility index (Phi) is 5.49. The first kappa shape index (κ1) is 18.6. The SMILES string of the molecule is CC1=C(C#N)C(c2ccc(Cl)cc2)C(C(=O)OCc2ccccc2)=C(N)O1. The van der Waals surface area contributed by atoms with Gasteiger partial charge in [0.1, 0.15) is 17.9 Å². The number of allylic oxidation sites excluding steroid dienone is 2. The number of rotatable bonds is 4. The lowest BCUT2D eigenvalue weighted by Gasteiger charge is -2.26. The average molecular weight is 381 g/mol. The van der Waals surface area contributed by atoms with E-state index in [1.807, 2.05) is 30.3 Å². The van der Waals surface area contributed by atoms with Crippen LogP contribution in [-0.2, 0) is 20.9 Å². The number of carbonyl (C=O) groups is 1. The maximum Gasteiger partial charge on any atom is 0.340 e. The number of carbonyl (C=O) groups excluding carboxylic acids is 1. The molecular formula is C21H17ClN2O3. The van der Waals surface area contributed by atoms with Crippen molar-refractivity contribution in [2.45, 2.75) is 19.4 Å². The van der Waals surface area contributed by atoms with Crippen LogP contribution < -0.4 is 5.73 Å². The number of esters is 1. The van der Waals surface area contributed by atoms with Crippen molar-refractivity contribution < 1.29 is 14.3 Å². The van der Waals surface area contributed by atoms with Gasteiger partial charge in [-0.15, -0.1) is 0 Å². The maximum absolute atomic E-state index is 12.8. The fourth-order valence-electron chi connectivity index (χ4n) is 2.92. The van der Waals surface area contributed by atoms with Gasteiger partial charge < -0.3 is 15.2 Å². The molecule has 1 aliphatic rings. The molecule has 0 radical (unpaired) electrons. The summed E-state index contributed by atoms with van der Waals surface area (Å²) in [7, 11) is 0. The standard InChI is InChI=1S/C21H17ClN2O3/c1-13-17(11-23)18(15-7-9-16(22)10-8-15)19(20(24)27-13)21(25)26-12-14-5-3-2-4-6-14/h2-10,18H,12,24H2,1H3. The van der Waals surface area contributed by atoms with Crippen LogP contribution in [-0.4, -0.2) is 5.97 Å². The van der Waals surface area contributed by atoms with Crippen LogP contribution in [0.2, 0.25) is 5.02 Å². The van der Waals surface area contributed by atoms with Crippen LogP contribution in [0.3, 0.4) is 0 Å². The first-order chi connectivity index (χ1) is 13.0. The number of benzene rings is 2. The summed E-state index contributed by atoms with van der Waals surface area (Å²) in [4.78, 5) is 12.8. The van der Waals surface area contributed by atoms with Crippen molar-refractivity contribution >= 4 is 17.6 Å². The number of hydrogen-bond acceptors (Lipinski definition) is 5. The van der Waals surface area contributed by atoms with E-state index >= 15 is 0 Å². The molecule has 2 aromatic carbocycles. The molecule has 0 aliphatic carbocycles. The summed E-state index contributed by atoms with van der Waals surface area (Å²) in [5.74, 6) is -1.01. The molecule has 1 unspecified atom stereocenters. The van der Waals surface area contributed by atoms with Gasteiger partial charge in [0, 0.05) is 5.02 Å². The Balaban J connectivity index is 1.94. The third-order valence-electron chi connectivity index (χ3n) is 4.24. The molecule has 0 aromatic heterocycles. The molecule has 27 heavy (non-hydrogen) atoms. The minimum absolute atomic E-state index is 0.0653. The van der Waals surface area contributed by atoms with Gasteiger partial charge in [0.25, 0.3) is 0 Å². The van der Waals surface area contributed by atoms with Crippen LogP contribution >= 0.6 is 11.6 Å². The van der Waals surface area contributed by atoms with Gasteiger partial charge in [-0.1, -0.05) is 54.1 Å². The summed E-state index contributed by atoms with van der Waals surface area (Å²) >= 11 is 5.96. The van der Waals surface area contributed by atoms with Crippen LogP contribution in [0.25, 0.3) is 0 Å². The molecule has 3 rings (SSSR count). The van der Waals surface area contributed by atoms with Crippen molar-refractivity contribution in [2.75, 3.05) is 0 Å². The molecule has 0 spiro atoms. The summed E-state index contributed by atoms with van der Waals surface area (Å²) in [5, 5.41) is 10.2. The summed E-state index contributed by atoms with van der Waals surface area (Å²) in [6.45, 7) is 1.73. The maximum atomic E-state index is 12.8.